The molecule has 1 atom stereocenters. The topological polar surface area (TPSA) is 50.4 Å². The first-order chi connectivity index (χ1) is 10.2. The van der Waals surface area contributed by atoms with Gasteiger partial charge in [-0.2, -0.15) is 0 Å². The quantitative estimate of drug-likeness (QED) is 0.778. The highest BCUT2D eigenvalue weighted by Gasteiger charge is 2.17. The Bertz CT molecular complexity index is 483. The molecule has 0 saturated carbocycles. The molecule has 1 rings (SSSR count). The zero-order valence-corrected chi connectivity index (χ0v) is 14.3. The number of halogens is 2. The molecule has 4 nitrogen and oxygen atoms in total. The van der Waals surface area contributed by atoms with Gasteiger partial charge in [0.2, 0.25) is 0 Å². The molecule has 1 amide bonds. The number of carbonyl (C=O) groups is 1. The molecule has 1 aromatic rings. The van der Waals surface area contributed by atoms with E-state index >= 15 is 0 Å². The Balaban J connectivity index is 2.25. The lowest BCUT2D eigenvalue weighted by Gasteiger charge is -2.22. The van der Waals surface area contributed by atoms with Crippen LogP contribution in [0.4, 0.5) is 9.18 Å². The van der Waals surface area contributed by atoms with Crippen molar-refractivity contribution >= 4 is 17.7 Å². The molecule has 6 heteroatoms. The van der Waals surface area contributed by atoms with Crippen LogP contribution in [-0.4, -0.2) is 24.3 Å². The van der Waals surface area contributed by atoms with E-state index in [2.05, 4.69) is 10.6 Å². The third-order valence-electron chi connectivity index (χ3n) is 2.77. The van der Waals surface area contributed by atoms with Crippen LogP contribution in [0.1, 0.15) is 39.7 Å². The van der Waals surface area contributed by atoms with Crippen molar-refractivity contribution in [1.82, 2.24) is 10.6 Å². The summed E-state index contributed by atoms with van der Waals surface area (Å²) >= 11 is 5.79. The number of benzene rings is 1. The van der Waals surface area contributed by atoms with E-state index in [1.165, 1.54) is 12.1 Å². The fraction of sp³-hybridized carbons (Fsp3) is 0.562. The van der Waals surface area contributed by atoms with E-state index in [4.69, 9.17) is 16.3 Å². The first-order valence-corrected chi connectivity index (χ1v) is 7.69. The number of ether oxygens (including phenoxy) is 1. The van der Waals surface area contributed by atoms with Gasteiger partial charge >= 0.3 is 6.09 Å². The summed E-state index contributed by atoms with van der Waals surface area (Å²) in [7, 11) is 0. The third kappa shape index (κ3) is 8.20. The smallest absolute Gasteiger partial charge is 0.407 e. The van der Waals surface area contributed by atoms with Crippen LogP contribution in [0.15, 0.2) is 18.2 Å². The first-order valence-electron chi connectivity index (χ1n) is 7.31. The molecule has 2 N–H and O–H groups in total. The van der Waals surface area contributed by atoms with Crippen molar-refractivity contribution in [3.63, 3.8) is 0 Å². The van der Waals surface area contributed by atoms with E-state index in [1.807, 2.05) is 27.7 Å². The van der Waals surface area contributed by atoms with Crippen LogP contribution in [-0.2, 0) is 11.3 Å². The van der Waals surface area contributed by atoms with Crippen LogP contribution < -0.4 is 10.6 Å². The number of alkyl carbamates (subject to hydrolysis) is 1. The van der Waals surface area contributed by atoms with Gasteiger partial charge in [0.05, 0.1) is 0 Å². The van der Waals surface area contributed by atoms with Crippen molar-refractivity contribution in [3.8, 4) is 0 Å². The molecule has 0 fully saturated rings. The molecule has 0 bridgehead atoms. The second-order valence-electron chi connectivity index (χ2n) is 6.29. The lowest BCUT2D eigenvalue weighted by molar-refractivity contribution is 0.0506. The molecule has 0 saturated heterocycles. The molecule has 0 aromatic heterocycles. The van der Waals surface area contributed by atoms with Gasteiger partial charge in [-0.1, -0.05) is 11.6 Å². The summed E-state index contributed by atoms with van der Waals surface area (Å²) in [6.45, 7) is 8.58. The molecule has 0 radical (unpaired) electrons. The minimum Gasteiger partial charge on any atom is -0.444 e. The highest BCUT2D eigenvalue weighted by atomic mass is 35.5. The van der Waals surface area contributed by atoms with E-state index in [-0.39, 0.29) is 11.9 Å². The Kier molecular flexibility index (Phi) is 7.10. The zero-order valence-electron chi connectivity index (χ0n) is 13.5. The molecule has 1 aromatic carbocycles. The van der Waals surface area contributed by atoms with Gasteiger partial charge in [0.1, 0.15) is 11.4 Å². The number of nitrogens with one attached hydrogen (secondary N) is 2. The number of amides is 1. The van der Waals surface area contributed by atoms with Gasteiger partial charge in [-0.25, -0.2) is 9.18 Å². The van der Waals surface area contributed by atoms with E-state index in [1.54, 1.807) is 6.07 Å². The molecule has 22 heavy (non-hydrogen) atoms. The average Bonchev–Trinajstić information content (AvgIpc) is 2.30. The molecule has 0 spiro atoms. The van der Waals surface area contributed by atoms with Gasteiger partial charge < -0.3 is 15.4 Å². The maximum atomic E-state index is 13.2. The fourth-order valence-corrected chi connectivity index (χ4v) is 2.09. The van der Waals surface area contributed by atoms with Gasteiger partial charge in [0, 0.05) is 17.6 Å². The van der Waals surface area contributed by atoms with Crippen LogP contribution in [0, 0.1) is 5.82 Å². The maximum absolute atomic E-state index is 13.2. The van der Waals surface area contributed by atoms with Crippen molar-refractivity contribution in [2.24, 2.45) is 0 Å². The highest BCUT2D eigenvalue weighted by Crippen LogP contribution is 2.13. The standard InChI is InChI=1S/C16H24ClFN2O2/c1-11(20-15(21)22-16(2,3)4)5-6-19-10-12-7-13(17)9-14(18)8-12/h7-9,11,19H,5-6,10H2,1-4H3,(H,20,21). The molecule has 0 aliphatic rings. The Morgan fingerprint density at radius 1 is 1.36 bits per heavy atom. The highest BCUT2D eigenvalue weighted by molar-refractivity contribution is 6.30. The second kappa shape index (κ2) is 8.34. The van der Waals surface area contributed by atoms with E-state index in [9.17, 15) is 9.18 Å². The SMILES string of the molecule is CC(CCNCc1cc(F)cc(Cl)c1)NC(=O)OC(C)(C)C. The first kappa shape index (κ1) is 18.7. The largest absolute Gasteiger partial charge is 0.444 e. The van der Waals surface area contributed by atoms with Gasteiger partial charge in [-0.15, -0.1) is 0 Å². The lowest BCUT2D eigenvalue weighted by Crippen LogP contribution is -2.38. The molecular formula is C16H24ClFN2O2. The number of rotatable bonds is 6. The van der Waals surface area contributed by atoms with Crippen LogP contribution in [0.2, 0.25) is 5.02 Å². The lowest BCUT2D eigenvalue weighted by atomic mass is 10.2. The minimum atomic E-state index is -0.501. The second-order valence-corrected chi connectivity index (χ2v) is 6.73. The molecule has 0 aliphatic carbocycles. The average molecular weight is 331 g/mol. The van der Waals surface area contributed by atoms with Crippen molar-refractivity contribution in [2.75, 3.05) is 6.54 Å². The summed E-state index contributed by atoms with van der Waals surface area (Å²) < 4.78 is 18.4. The van der Waals surface area contributed by atoms with Crippen LogP contribution in [0.25, 0.3) is 0 Å². The maximum Gasteiger partial charge on any atom is 0.407 e. The summed E-state index contributed by atoms with van der Waals surface area (Å²) in [5.41, 5.74) is 0.288. The van der Waals surface area contributed by atoms with Gasteiger partial charge in [-0.3, -0.25) is 0 Å². The summed E-state index contributed by atoms with van der Waals surface area (Å²) in [5.74, 6) is -0.343. The molecule has 124 valence electrons. The molecule has 0 aliphatic heterocycles. The summed E-state index contributed by atoms with van der Waals surface area (Å²) in [6.07, 6.45) is 0.319. The van der Waals surface area contributed by atoms with E-state index in [0.717, 1.165) is 12.0 Å². The molecule has 0 heterocycles. The van der Waals surface area contributed by atoms with E-state index in [0.29, 0.717) is 18.1 Å². The van der Waals surface area contributed by atoms with Crippen molar-refractivity contribution in [1.29, 1.82) is 0 Å². The van der Waals surface area contributed by atoms with Gasteiger partial charge in [0.25, 0.3) is 0 Å². The summed E-state index contributed by atoms with van der Waals surface area (Å²) in [4.78, 5) is 11.6. The van der Waals surface area contributed by atoms with Crippen LogP contribution in [0.3, 0.4) is 0 Å². The predicted molar refractivity (Wildman–Crippen MR) is 86.6 cm³/mol. The Labute approximate surface area is 136 Å². The fourth-order valence-electron chi connectivity index (χ4n) is 1.85. The van der Waals surface area contributed by atoms with Gasteiger partial charge in [0.15, 0.2) is 0 Å². The van der Waals surface area contributed by atoms with Gasteiger partial charge in [-0.05, 0) is 64.4 Å². The number of hydrogen-bond donors (Lipinski definition) is 2. The molecule has 1 unspecified atom stereocenters. The third-order valence-corrected chi connectivity index (χ3v) is 2.99. The Morgan fingerprint density at radius 3 is 2.64 bits per heavy atom. The van der Waals surface area contributed by atoms with Crippen molar-refractivity contribution in [3.05, 3.63) is 34.6 Å². The monoisotopic (exact) mass is 330 g/mol. The predicted octanol–water partition coefficient (Wildman–Crippen LogP) is 3.87. The van der Waals surface area contributed by atoms with E-state index < -0.39 is 11.7 Å². The Hall–Kier alpha value is -1.33. The minimum absolute atomic E-state index is 0.0153. The number of hydrogen-bond acceptors (Lipinski definition) is 3. The van der Waals surface area contributed by atoms with Crippen LogP contribution in [0.5, 0.6) is 0 Å². The van der Waals surface area contributed by atoms with Crippen LogP contribution >= 0.6 is 11.6 Å². The summed E-state index contributed by atoms with van der Waals surface area (Å²) in [6, 6.07) is 4.43. The summed E-state index contributed by atoms with van der Waals surface area (Å²) in [5, 5.41) is 6.35. The normalized spacial score (nSPS) is 12.8. The Morgan fingerprint density at radius 2 is 2.05 bits per heavy atom. The zero-order chi connectivity index (χ0) is 16.8. The van der Waals surface area contributed by atoms with Crippen molar-refractivity contribution in [2.45, 2.75) is 52.3 Å². The van der Waals surface area contributed by atoms with Crippen molar-refractivity contribution < 1.29 is 13.9 Å². The molecular weight excluding hydrogens is 307 g/mol. The number of carbonyl (C=O) groups excluding carboxylic acids is 1.